The van der Waals surface area contributed by atoms with Crippen molar-refractivity contribution in [3.63, 3.8) is 0 Å². The minimum atomic E-state index is -0.137. The number of phenolic OH excluding ortho intramolecular Hbond substituents is 1. The number of hydrogen-bond acceptors (Lipinski definition) is 3. The largest absolute Gasteiger partial charge is 0.507 e. The van der Waals surface area contributed by atoms with Crippen LogP contribution < -0.4 is 0 Å². The number of carbonyl (C=O) groups is 1. The number of phenols is 1. The van der Waals surface area contributed by atoms with Crippen LogP contribution >= 0.6 is 12.6 Å². The molecule has 0 aliphatic carbocycles. The Balaban J connectivity index is 2.46. The van der Waals surface area contributed by atoms with Gasteiger partial charge in [-0.3, -0.25) is 4.79 Å². The van der Waals surface area contributed by atoms with Crippen molar-refractivity contribution in [1.29, 1.82) is 0 Å². The molecule has 0 aliphatic heterocycles. The molecule has 3 heteroatoms. The Hall–Kier alpha value is -1.74. The van der Waals surface area contributed by atoms with E-state index in [-0.39, 0.29) is 11.5 Å². The van der Waals surface area contributed by atoms with Gasteiger partial charge in [0.2, 0.25) is 0 Å². The Bertz CT molecular complexity index is 521. The van der Waals surface area contributed by atoms with Gasteiger partial charge in [0.05, 0.1) is 4.90 Å². The lowest BCUT2D eigenvalue weighted by Gasteiger charge is -2.05. The highest BCUT2D eigenvalue weighted by atomic mass is 32.1. The maximum atomic E-state index is 12.1. The lowest BCUT2D eigenvalue weighted by Crippen LogP contribution is -2.01. The van der Waals surface area contributed by atoms with Crippen LogP contribution in [0.2, 0.25) is 0 Å². The fourth-order valence-electron chi connectivity index (χ4n) is 1.46. The number of ketones is 1. The second-order valence-electron chi connectivity index (χ2n) is 3.37. The summed E-state index contributed by atoms with van der Waals surface area (Å²) in [6.45, 7) is 0. The summed E-state index contributed by atoms with van der Waals surface area (Å²) in [5.74, 6) is -0.119. The molecule has 0 aromatic heterocycles. The monoisotopic (exact) mass is 230 g/mol. The zero-order chi connectivity index (χ0) is 11.5. The first kappa shape index (κ1) is 10.8. The molecular weight excluding hydrogens is 220 g/mol. The molecule has 2 aromatic carbocycles. The van der Waals surface area contributed by atoms with Gasteiger partial charge in [-0.15, -0.1) is 12.6 Å². The highest BCUT2D eigenvalue weighted by molar-refractivity contribution is 7.80. The van der Waals surface area contributed by atoms with Crippen LogP contribution in [-0.4, -0.2) is 10.9 Å². The van der Waals surface area contributed by atoms with Crippen LogP contribution in [0.15, 0.2) is 53.4 Å². The average molecular weight is 230 g/mol. The summed E-state index contributed by atoms with van der Waals surface area (Å²) in [7, 11) is 0. The molecule has 2 aromatic rings. The number of benzene rings is 2. The Labute approximate surface area is 99.0 Å². The SMILES string of the molecule is O=C(c1ccccc1)c1cccc(O)c1S. The van der Waals surface area contributed by atoms with Crippen molar-refractivity contribution in [3.8, 4) is 5.75 Å². The second-order valence-corrected chi connectivity index (χ2v) is 3.82. The zero-order valence-corrected chi connectivity index (χ0v) is 9.32. The predicted octanol–water partition coefficient (Wildman–Crippen LogP) is 2.91. The molecule has 0 heterocycles. The number of rotatable bonds is 2. The third-order valence-corrected chi connectivity index (χ3v) is 2.77. The minimum absolute atomic E-state index is 0.0186. The van der Waals surface area contributed by atoms with E-state index < -0.39 is 0 Å². The van der Waals surface area contributed by atoms with Crippen molar-refractivity contribution in [3.05, 3.63) is 59.7 Å². The van der Waals surface area contributed by atoms with Crippen LogP contribution in [0.1, 0.15) is 15.9 Å². The highest BCUT2D eigenvalue weighted by Gasteiger charge is 2.13. The van der Waals surface area contributed by atoms with Gasteiger partial charge in [0.1, 0.15) is 5.75 Å². The van der Waals surface area contributed by atoms with Gasteiger partial charge in [0.15, 0.2) is 5.78 Å². The molecule has 16 heavy (non-hydrogen) atoms. The van der Waals surface area contributed by atoms with Gasteiger partial charge in [-0.1, -0.05) is 36.4 Å². The van der Waals surface area contributed by atoms with E-state index in [0.717, 1.165) is 0 Å². The molecule has 0 radical (unpaired) electrons. The van der Waals surface area contributed by atoms with Crippen LogP contribution in [0.3, 0.4) is 0 Å². The van der Waals surface area contributed by atoms with Gasteiger partial charge < -0.3 is 5.11 Å². The van der Waals surface area contributed by atoms with Crippen LogP contribution in [0.4, 0.5) is 0 Å². The first-order valence-electron chi connectivity index (χ1n) is 4.81. The second kappa shape index (κ2) is 4.41. The van der Waals surface area contributed by atoms with Crippen LogP contribution in [0, 0.1) is 0 Å². The Morgan fingerprint density at radius 2 is 1.69 bits per heavy atom. The summed E-state index contributed by atoms with van der Waals surface area (Å²) in [5, 5.41) is 9.47. The number of aromatic hydroxyl groups is 1. The fourth-order valence-corrected chi connectivity index (χ4v) is 1.71. The van der Waals surface area contributed by atoms with Gasteiger partial charge in [-0.05, 0) is 12.1 Å². The first-order chi connectivity index (χ1) is 7.70. The Morgan fingerprint density at radius 1 is 1.00 bits per heavy atom. The van der Waals surface area contributed by atoms with E-state index in [1.807, 2.05) is 6.07 Å². The molecule has 0 amide bonds. The van der Waals surface area contributed by atoms with Crippen molar-refractivity contribution in [1.82, 2.24) is 0 Å². The molecule has 0 unspecified atom stereocenters. The molecule has 2 nitrogen and oxygen atoms in total. The maximum Gasteiger partial charge on any atom is 0.194 e. The lowest BCUT2D eigenvalue weighted by atomic mass is 10.0. The van der Waals surface area contributed by atoms with E-state index in [2.05, 4.69) is 12.6 Å². The van der Waals surface area contributed by atoms with E-state index >= 15 is 0 Å². The van der Waals surface area contributed by atoms with Gasteiger partial charge >= 0.3 is 0 Å². The molecule has 0 bridgehead atoms. The van der Waals surface area contributed by atoms with Crippen molar-refractivity contribution in [2.24, 2.45) is 0 Å². The molecule has 1 N–H and O–H groups in total. The smallest absolute Gasteiger partial charge is 0.194 e. The quantitative estimate of drug-likeness (QED) is 0.615. The maximum absolute atomic E-state index is 12.1. The summed E-state index contributed by atoms with van der Waals surface area (Å²) in [6.07, 6.45) is 0. The van der Waals surface area contributed by atoms with Crippen molar-refractivity contribution >= 4 is 18.4 Å². The molecule has 2 rings (SSSR count). The van der Waals surface area contributed by atoms with Gasteiger partial charge in [0, 0.05) is 11.1 Å². The topological polar surface area (TPSA) is 37.3 Å². The van der Waals surface area contributed by atoms with E-state index in [1.54, 1.807) is 36.4 Å². The zero-order valence-electron chi connectivity index (χ0n) is 8.42. The minimum Gasteiger partial charge on any atom is -0.507 e. The van der Waals surface area contributed by atoms with E-state index in [4.69, 9.17) is 0 Å². The summed E-state index contributed by atoms with van der Waals surface area (Å²) in [4.78, 5) is 12.4. The van der Waals surface area contributed by atoms with E-state index in [1.165, 1.54) is 6.07 Å². The summed E-state index contributed by atoms with van der Waals surface area (Å²) < 4.78 is 0. The van der Waals surface area contributed by atoms with Gasteiger partial charge in [-0.25, -0.2) is 0 Å². The van der Waals surface area contributed by atoms with Crippen molar-refractivity contribution < 1.29 is 9.90 Å². The third kappa shape index (κ3) is 1.95. The third-order valence-electron chi connectivity index (χ3n) is 2.30. The Morgan fingerprint density at radius 3 is 2.38 bits per heavy atom. The van der Waals surface area contributed by atoms with E-state index in [0.29, 0.717) is 16.0 Å². The molecule has 0 aliphatic rings. The van der Waals surface area contributed by atoms with Crippen LogP contribution in [0.5, 0.6) is 5.75 Å². The van der Waals surface area contributed by atoms with Crippen molar-refractivity contribution in [2.75, 3.05) is 0 Å². The van der Waals surface area contributed by atoms with Gasteiger partial charge in [-0.2, -0.15) is 0 Å². The number of carbonyl (C=O) groups excluding carboxylic acids is 1. The molecule has 0 saturated carbocycles. The highest BCUT2D eigenvalue weighted by Crippen LogP contribution is 2.26. The number of thiol groups is 1. The molecule has 0 fully saturated rings. The first-order valence-corrected chi connectivity index (χ1v) is 5.25. The number of hydrogen-bond donors (Lipinski definition) is 2. The molecular formula is C13H10O2S. The molecule has 80 valence electrons. The van der Waals surface area contributed by atoms with Crippen LogP contribution in [0.25, 0.3) is 0 Å². The normalized spacial score (nSPS) is 10.1. The lowest BCUT2D eigenvalue weighted by molar-refractivity contribution is 0.103. The van der Waals surface area contributed by atoms with E-state index in [9.17, 15) is 9.90 Å². The standard InChI is InChI=1S/C13H10O2S/c14-11-8-4-7-10(13(11)16)12(15)9-5-2-1-3-6-9/h1-8,14,16H. The molecule has 0 atom stereocenters. The molecule has 0 spiro atoms. The summed E-state index contributed by atoms with van der Waals surface area (Å²) in [6, 6.07) is 13.7. The average Bonchev–Trinajstić information content (AvgIpc) is 2.33. The van der Waals surface area contributed by atoms with Crippen molar-refractivity contribution in [2.45, 2.75) is 4.90 Å². The molecule has 0 saturated heterocycles. The summed E-state index contributed by atoms with van der Waals surface area (Å²) in [5.41, 5.74) is 0.998. The van der Waals surface area contributed by atoms with Crippen LogP contribution in [-0.2, 0) is 0 Å². The predicted molar refractivity (Wildman–Crippen MR) is 65.2 cm³/mol. The fraction of sp³-hybridized carbons (Fsp3) is 0. The van der Waals surface area contributed by atoms with Gasteiger partial charge in [0.25, 0.3) is 0 Å². The Kier molecular flexibility index (Phi) is 2.97. The summed E-state index contributed by atoms with van der Waals surface area (Å²) >= 11 is 4.13.